The molecule has 1 amide bonds. The summed E-state index contributed by atoms with van der Waals surface area (Å²) in [5.41, 5.74) is 0.531. The van der Waals surface area contributed by atoms with Gasteiger partial charge in [-0.1, -0.05) is 18.2 Å². The minimum absolute atomic E-state index is 0.0371. The van der Waals surface area contributed by atoms with Crippen LogP contribution in [0.15, 0.2) is 78.0 Å². The molecule has 1 unspecified atom stereocenters. The lowest BCUT2D eigenvalue weighted by Gasteiger charge is -2.36. The Balaban J connectivity index is 1.41. The number of likely N-dealkylation sites (N-methyl/N-ethyl adjacent to an activating group) is 1. The number of carbonyl (C=O) groups excluding carboxylic acids is 2. The first-order valence-electron chi connectivity index (χ1n) is 13.4. The maximum Gasteiger partial charge on any atom is 0.326 e. The van der Waals surface area contributed by atoms with E-state index < -0.39 is 33.5 Å². The molecule has 1 aromatic heterocycles. The summed E-state index contributed by atoms with van der Waals surface area (Å²) >= 11 is 0. The van der Waals surface area contributed by atoms with Crippen LogP contribution >= 0.6 is 0 Å². The molecule has 218 valence electrons. The first kappa shape index (κ1) is 29.9. The van der Waals surface area contributed by atoms with E-state index in [1.165, 1.54) is 19.2 Å². The fourth-order valence-electron chi connectivity index (χ4n) is 4.39. The monoisotopic (exact) mass is 580 g/mol. The summed E-state index contributed by atoms with van der Waals surface area (Å²) in [6, 6.07) is 15.5. The fourth-order valence-corrected chi connectivity index (χ4v) is 5.72. The predicted octanol–water partition coefficient (Wildman–Crippen LogP) is 2.56. The van der Waals surface area contributed by atoms with Crippen LogP contribution in [-0.4, -0.2) is 86.0 Å². The number of benzene rings is 2. The Bertz CT molecular complexity index is 1420. The van der Waals surface area contributed by atoms with Gasteiger partial charge in [-0.15, -0.1) is 0 Å². The molecule has 1 fully saturated rings. The number of sulfonamides is 1. The van der Waals surface area contributed by atoms with E-state index in [4.69, 9.17) is 4.74 Å². The molecular weight excluding hydrogens is 544 g/mol. The second-order valence-corrected chi connectivity index (χ2v) is 12.7. The molecular formula is C29H36N6O5S. The summed E-state index contributed by atoms with van der Waals surface area (Å²) < 4.78 is 32.9. The van der Waals surface area contributed by atoms with E-state index in [0.717, 1.165) is 36.2 Å². The van der Waals surface area contributed by atoms with E-state index in [0.29, 0.717) is 11.5 Å². The number of amides is 1. The van der Waals surface area contributed by atoms with Gasteiger partial charge in [0.2, 0.25) is 16.0 Å². The van der Waals surface area contributed by atoms with Gasteiger partial charge in [0.05, 0.1) is 4.90 Å². The molecule has 0 aliphatic carbocycles. The number of esters is 1. The molecule has 1 aliphatic heterocycles. The van der Waals surface area contributed by atoms with Crippen LogP contribution in [0.4, 0.5) is 11.6 Å². The largest absolute Gasteiger partial charge is 0.459 e. The van der Waals surface area contributed by atoms with Gasteiger partial charge in [-0.05, 0) is 63.2 Å². The highest BCUT2D eigenvalue weighted by Crippen LogP contribution is 2.21. The lowest BCUT2D eigenvalue weighted by molar-refractivity contribution is -0.159. The summed E-state index contributed by atoms with van der Waals surface area (Å²) in [4.78, 5) is 39.1. The number of piperazine rings is 1. The molecule has 0 radical (unpaired) electrons. The minimum atomic E-state index is -4.03. The van der Waals surface area contributed by atoms with Crippen molar-refractivity contribution in [1.29, 1.82) is 0 Å². The number of nitrogens with one attached hydrogen (secondary N) is 1. The molecule has 1 aliphatic rings. The molecule has 41 heavy (non-hydrogen) atoms. The molecule has 4 rings (SSSR count). The van der Waals surface area contributed by atoms with Crippen LogP contribution in [0.5, 0.6) is 0 Å². The van der Waals surface area contributed by atoms with Crippen molar-refractivity contribution in [2.24, 2.45) is 0 Å². The molecule has 0 spiro atoms. The minimum Gasteiger partial charge on any atom is -0.459 e. The lowest BCUT2D eigenvalue weighted by atomic mass is 10.1. The van der Waals surface area contributed by atoms with E-state index in [1.807, 2.05) is 12.1 Å². The smallest absolute Gasteiger partial charge is 0.326 e. The average Bonchev–Trinajstić information content (AvgIpc) is 2.97. The fraction of sp³-hybridized carbons (Fsp3) is 0.379. The van der Waals surface area contributed by atoms with Crippen LogP contribution in [0, 0.1) is 0 Å². The van der Waals surface area contributed by atoms with Crippen molar-refractivity contribution >= 4 is 33.5 Å². The van der Waals surface area contributed by atoms with Gasteiger partial charge in [0.1, 0.15) is 11.6 Å². The average molecular weight is 581 g/mol. The van der Waals surface area contributed by atoms with Crippen molar-refractivity contribution in [2.75, 3.05) is 49.6 Å². The van der Waals surface area contributed by atoms with Gasteiger partial charge < -0.3 is 19.9 Å². The van der Waals surface area contributed by atoms with Crippen molar-refractivity contribution in [3.63, 3.8) is 0 Å². The van der Waals surface area contributed by atoms with E-state index in [9.17, 15) is 18.0 Å². The molecule has 0 saturated carbocycles. The Morgan fingerprint density at radius 1 is 0.927 bits per heavy atom. The van der Waals surface area contributed by atoms with Gasteiger partial charge in [-0.2, -0.15) is 4.31 Å². The van der Waals surface area contributed by atoms with Gasteiger partial charge in [0.15, 0.2) is 0 Å². The molecule has 2 heterocycles. The lowest BCUT2D eigenvalue weighted by Crippen LogP contribution is -2.51. The van der Waals surface area contributed by atoms with E-state index in [-0.39, 0.29) is 11.4 Å². The topological polar surface area (TPSA) is 125 Å². The molecule has 11 nitrogen and oxygen atoms in total. The second-order valence-electron chi connectivity index (χ2n) is 10.7. The number of carbonyl (C=O) groups is 2. The summed E-state index contributed by atoms with van der Waals surface area (Å²) in [5, 5.41) is 2.71. The highest BCUT2D eigenvalue weighted by molar-refractivity contribution is 7.89. The third-order valence-corrected chi connectivity index (χ3v) is 8.48. The first-order chi connectivity index (χ1) is 19.5. The number of anilines is 2. The Labute approximate surface area is 241 Å². The first-order valence-corrected chi connectivity index (χ1v) is 14.8. The normalized spacial score (nSPS) is 15.0. The van der Waals surface area contributed by atoms with Gasteiger partial charge >= 0.3 is 5.97 Å². The van der Waals surface area contributed by atoms with Crippen molar-refractivity contribution in [2.45, 2.75) is 37.3 Å². The van der Waals surface area contributed by atoms with Gasteiger partial charge in [0, 0.05) is 63.4 Å². The SMILES string of the molecule is CN(C(CNC(=O)c1ccc(N2CCN(c3ncccn3)CC2)cc1)C(=O)OC(C)(C)C)S(=O)(=O)c1ccccc1. The summed E-state index contributed by atoms with van der Waals surface area (Å²) in [7, 11) is -2.72. The van der Waals surface area contributed by atoms with E-state index in [2.05, 4.69) is 25.1 Å². The quantitative estimate of drug-likeness (QED) is 0.380. The van der Waals surface area contributed by atoms with Crippen molar-refractivity contribution in [3.05, 3.63) is 78.6 Å². The third-order valence-electron chi connectivity index (χ3n) is 6.60. The van der Waals surface area contributed by atoms with Crippen molar-refractivity contribution < 1.29 is 22.7 Å². The number of rotatable bonds is 9. The predicted molar refractivity (Wildman–Crippen MR) is 156 cm³/mol. The zero-order valence-corrected chi connectivity index (χ0v) is 24.5. The summed E-state index contributed by atoms with van der Waals surface area (Å²) in [6.45, 7) is 7.94. The Kier molecular flexibility index (Phi) is 9.24. The van der Waals surface area contributed by atoms with Crippen LogP contribution in [0.25, 0.3) is 0 Å². The van der Waals surface area contributed by atoms with E-state index >= 15 is 0 Å². The number of ether oxygens (including phenoxy) is 1. The molecule has 12 heteroatoms. The van der Waals surface area contributed by atoms with Crippen LogP contribution < -0.4 is 15.1 Å². The van der Waals surface area contributed by atoms with Crippen molar-refractivity contribution in [3.8, 4) is 0 Å². The Morgan fingerprint density at radius 2 is 1.51 bits per heavy atom. The van der Waals surface area contributed by atoms with Crippen LogP contribution in [-0.2, 0) is 19.6 Å². The summed E-state index contributed by atoms with van der Waals surface area (Å²) in [6.07, 6.45) is 3.46. The zero-order valence-electron chi connectivity index (χ0n) is 23.7. The molecule has 0 bridgehead atoms. The highest BCUT2D eigenvalue weighted by Gasteiger charge is 2.36. The number of hydrogen-bond acceptors (Lipinski definition) is 9. The maximum atomic E-state index is 13.2. The van der Waals surface area contributed by atoms with Crippen LogP contribution in [0.2, 0.25) is 0 Å². The number of aromatic nitrogens is 2. The molecule has 1 saturated heterocycles. The van der Waals surface area contributed by atoms with E-state index in [1.54, 1.807) is 69.6 Å². The highest BCUT2D eigenvalue weighted by atomic mass is 32.2. The standard InChI is InChI=1S/C29H36N6O5S/c1-29(2,3)40-27(37)25(33(4)41(38,39)24-9-6-5-7-10-24)21-32-26(36)22-11-13-23(14-12-22)34-17-19-35(20-18-34)28-30-15-8-16-31-28/h5-16,25H,17-21H2,1-4H3,(H,32,36). The molecule has 1 N–H and O–H groups in total. The summed E-state index contributed by atoms with van der Waals surface area (Å²) in [5.74, 6) is -0.470. The second kappa shape index (κ2) is 12.6. The number of nitrogens with zero attached hydrogens (tertiary/aromatic N) is 5. The number of hydrogen-bond donors (Lipinski definition) is 1. The van der Waals surface area contributed by atoms with Gasteiger partial charge in [-0.3, -0.25) is 9.59 Å². The van der Waals surface area contributed by atoms with Gasteiger partial charge in [-0.25, -0.2) is 18.4 Å². The zero-order chi connectivity index (χ0) is 29.6. The molecule has 3 aromatic rings. The van der Waals surface area contributed by atoms with Crippen LogP contribution in [0.1, 0.15) is 31.1 Å². The van der Waals surface area contributed by atoms with Gasteiger partial charge in [0.25, 0.3) is 5.91 Å². The van der Waals surface area contributed by atoms with Crippen molar-refractivity contribution in [1.82, 2.24) is 19.6 Å². The Hall–Kier alpha value is -4.03. The molecule has 1 atom stereocenters. The Morgan fingerprint density at radius 3 is 2.10 bits per heavy atom. The third kappa shape index (κ3) is 7.59. The maximum absolute atomic E-state index is 13.2. The molecule has 2 aromatic carbocycles. The van der Waals surface area contributed by atoms with Crippen LogP contribution in [0.3, 0.4) is 0 Å².